The van der Waals surface area contributed by atoms with Gasteiger partial charge in [0.2, 0.25) is 0 Å². The van der Waals surface area contributed by atoms with Crippen LogP contribution >= 0.6 is 0 Å². The lowest BCUT2D eigenvalue weighted by molar-refractivity contribution is -0.295. The third-order valence-corrected chi connectivity index (χ3v) is 0.970. The van der Waals surface area contributed by atoms with E-state index in [-0.39, 0.29) is 0 Å². The molecule has 3 nitrogen and oxygen atoms in total. The van der Waals surface area contributed by atoms with Crippen LogP contribution in [-0.2, 0) is 4.79 Å². The Labute approximate surface area is 63.7 Å². The van der Waals surface area contributed by atoms with E-state index in [1.165, 1.54) is 6.20 Å². The van der Waals surface area contributed by atoms with E-state index < -0.39 is 5.97 Å². The highest BCUT2D eigenvalue weighted by Crippen LogP contribution is 1.90. The summed E-state index contributed by atoms with van der Waals surface area (Å²) >= 11 is 0. The molecule has 0 saturated carbocycles. The number of nitrogens with zero attached hydrogens (tertiary/aromatic N) is 1. The molecule has 0 atom stereocenters. The molecule has 0 aliphatic rings. The van der Waals surface area contributed by atoms with Crippen LogP contribution in [0.15, 0.2) is 24.5 Å². The van der Waals surface area contributed by atoms with E-state index in [4.69, 9.17) is 0 Å². The Morgan fingerprint density at radius 1 is 1.64 bits per heavy atom. The Morgan fingerprint density at radius 3 is 3.00 bits per heavy atom. The fourth-order valence-corrected chi connectivity index (χ4v) is 0.560. The molecule has 11 heavy (non-hydrogen) atoms. The molecular formula is C8H4NO2-. The van der Waals surface area contributed by atoms with Gasteiger partial charge in [-0.2, -0.15) is 0 Å². The number of carboxylic acids is 1. The molecular weight excluding hydrogens is 142 g/mol. The maximum Gasteiger partial charge on any atom is 0.116 e. The van der Waals surface area contributed by atoms with Crippen LogP contribution in [0.25, 0.3) is 0 Å². The van der Waals surface area contributed by atoms with Crippen molar-refractivity contribution in [3.8, 4) is 11.8 Å². The topological polar surface area (TPSA) is 53.0 Å². The largest absolute Gasteiger partial charge is 0.537 e. The third kappa shape index (κ3) is 2.50. The van der Waals surface area contributed by atoms with Crippen molar-refractivity contribution in [1.29, 1.82) is 0 Å². The number of hydrogen-bond donors (Lipinski definition) is 0. The Kier molecular flexibility index (Phi) is 2.24. The lowest BCUT2D eigenvalue weighted by Gasteiger charge is -1.86. The molecule has 0 saturated heterocycles. The number of aliphatic carboxylic acids is 1. The number of hydrogen-bond acceptors (Lipinski definition) is 3. The second kappa shape index (κ2) is 3.37. The predicted molar refractivity (Wildman–Crippen MR) is 36.1 cm³/mol. The molecule has 0 N–H and O–H groups in total. The Balaban J connectivity index is 2.83. The summed E-state index contributed by atoms with van der Waals surface area (Å²) in [6, 6.07) is 3.35. The van der Waals surface area contributed by atoms with E-state index in [0.717, 1.165) is 0 Å². The highest BCUT2D eigenvalue weighted by Gasteiger charge is 1.80. The summed E-state index contributed by atoms with van der Waals surface area (Å²) in [5.74, 6) is 2.87. The summed E-state index contributed by atoms with van der Waals surface area (Å²) in [4.78, 5) is 13.6. The molecule has 0 aliphatic heterocycles. The zero-order valence-corrected chi connectivity index (χ0v) is 5.57. The summed E-state index contributed by atoms with van der Waals surface area (Å²) < 4.78 is 0. The second-order valence-electron chi connectivity index (χ2n) is 1.78. The van der Waals surface area contributed by atoms with Gasteiger partial charge in [-0.3, -0.25) is 4.98 Å². The number of aromatic nitrogens is 1. The maximum absolute atomic E-state index is 9.87. The van der Waals surface area contributed by atoms with Crippen LogP contribution in [0, 0.1) is 11.8 Å². The minimum Gasteiger partial charge on any atom is -0.537 e. The van der Waals surface area contributed by atoms with Crippen LogP contribution in [0.5, 0.6) is 0 Å². The van der Waals surface area contributed by atoms with Gasteiger partial charge in [0.1, 0.15) is 5.97 Å². The summed E-state index contributed by atoms with van der Waals surface area (Å²) in [6.45, 7) is 0. The molecule has 0 fully saturated rings. The molecule has 0 unspecified atom stereocenters. The van der Waals surface area contributed by atoms with Crippen LogP contribution in [0.1, 0.15) is 5.56 Å². The molecule has 1 heterocycles. The Bertz CT molecular complexity index is 308. The Hall–Kier alpha value is -1.82. The van der Waals surface area contributed by atoms with Gasteiger partial charge in [-0.25, -0.2) is 0 Å². The van der Waals surface area contributed by atoms with E-state index in [9.17, 15) is 9.90 Å². The molecule has 0 radical (unpaired) electrons. The van der Waals surface area contributed by atoms with Crippen LogP contribution in [0.2, 0.25) is 0 Å². The molecule has 0 amide bonds. The first-order chi connectivity index (χ1) is 5.29. The van der Waals surface area contributed by atoms with E-state index in [1.54, 1.807) is 18.3 Å². The van der Waals surface area contributed by atoms with Crippen molar-refractivity contribution in [2.45, 2.75) is 0 Å². The molecule has 1 aromatic heterocycles. The molecule has 0 aliphatic carbocycles. The van der Waals surface area contributed by atoms with Crippen LogP contribution in [-0.4, -0.2) is 11.0 Å². The molecule has 3 heteroatoms. The molecule has 0 spiro atoms. The van der Waals surface area contributed by atoms with Crippen molar-refractivity contribution in [2.75, 3.05) is 0 Å². The normalized spacial score (nSPS) is 8.00. The first-order valence-corrected chi connectivity index (χ1v) is 2.92. The molecule has 1 rings (SSSR count). The zero-order valence-electron chi connectivity index (χ0n) is 5.57. The standard InChI is InChI=1S/C8H5NO2/c10-8(11)4-3-7-2-1-5-9-6-7/h1-2,5-6H,(H,10,11)/p-1. The SMILES string of the molecule is O=C([O-])C#Cc1cccnc1. The number of carboxylic acid groups (broad SMARTS) is 1. The predicted octanol–water partition coefficient (Wildman–Crippen LogP) is -0.817. The van der Waals surface area contributed by atoms with Gasteiger partial charge in [0.25, 0.3) is 0 Å². The summed E-state index contributed by atoms with van der Waals surface area (Å²) in [7, 11) is 0. The van der Waals surface area contributed by atoms with Crippen molar-refractivity contribution in [1.82, 2.24) is 4.98 Å². The fourth-order valence-electron chi connectivity index (χ4n) is 0.560. The van der Waals surface area contributed by atoms with Gasteiger partial charge < -0.3 is 9.90 Å². The maximum atomic E-state index is 9.87. The summed E-state index contributed by atoms with van der Waals surface area (Å²) in [6.07, 6.45) is 3.07. The van der Waals surface area contributed by atoms with Crippen molar-refractivity contribution < 1.29 is 9.90 Å². The van der Waals surface area contributed by atoms with Crippen molar-refractivity contribution >= 4 is 5.97 Å². The highest BCUT2D eigenvalue weighted by atomic mass is 16.4. The smallest absolute Gasteiger partial charge is 0.116 e. The van der Waals surface area contributed by atoms with Crippen LogP contribution in [0.3, 0.4) is 0 Å². The molecule has 54 valence electrons. The zero-order chi connectivity index (χ0) is 8.10. The molecule has 1 aromatic rings. The summed E-state index contributed by atoms with van der Waals surface area (Å²) in [5.41, 5.74) is 0.566. The molecule has 0 bridgehead atoms. The highest BCUT2D eigenvalue weighted by molar-refractivity contribution is 5.85. The lowest BCUT2D eigenvalue weighted by Crippen LogP contribution is -2.19. The van der Waals surface area contributed by atoms with Crippen molar-refractivity contribution in [2.24, 2.45) is 0 Å². The van der Waals surface area contributed by atoms with Gasteiger partial charge in [0.05, 0.1) is 0 Å². The van der Waals surface area contributed by atoms with Gasteiger partial charge in [-0.15, -0.1) is 0 Å². The summed E-state index contributed by atoms with van der Waals surface area (Å²) in [5, 5.41) is 9.87. The first-order valence-electron chi connectivity index (χ1n) is 2.92. The van der Waals surface area contributed by atoms with Crippen molar-refractivity contribution in [3.05, 3.63) is 30.1 Å². The van der Waals surface area contributed by atoms with Crippen LogP contribution in [0.4, 0.5) is 0 Å². The second-order valence-corrected chi connectivity index (χ2v) is 1.78. The lowest BCUT2D eigenvalue weighted by atomic mass is 10.3. The molecule has 0 aromatic carbocycles. The number of carbonyl (C=O) groups is 1. The van der Waals surface area contributed by atoms with E-state index in [0.29, 0.717) is 5.56 Å². The van der Waals surface area contributed by atoms with Crippen molar-refractivity contribution in [3.63, 3.8) is 0 Å². The minimum atomic E-state index is -1.38. The van der Waals surface area contributed by atoms with Gasteiger partial charge in [-0.05, 0) is 18.1 Å². The average molecular weight is 146 g/mol. The van der Waals surface area contributed by atoms with Gasteiger partial charge >= 0.3 is 0 Å². The van der Waals surface area contributed by atoms with Gasteiger partial charge in [0.15, 0.2) is 0 Å². The van der Waals surface area contributed by atoms with Crippen LogP contribution < -0.4 is 5.11 Å². The van der Waals surface area contributed by atoms with Gasteiger partial charge in [-0.1, -0.05) is 5.92 Å². The van der Waals surface area contributed by atoms with E-state index >= 15 is 0 Å². The average Bonchev–Trinajstić information content (AvgIpc) is 2.03. The Morgan fingerprint density at radius 2 is 2.45 bits per heavy atom. The number of carbonyl (C=O) groups excluding carboxylic acids is 1. The van der Waals surface area contributed by atoms with E-state index in [2.05, 4.69) is 10.9 Å². The van der Waals surface area contributed by atoms with E-state index in [1.807, 2.05) is 5.92 Å². The monoisotopic (exact) mass is 146 g/mol. The first kappa shape index (κ1) is 7.29. The number of rotatable bonds is 0. The fraction of sp³-hybridized carbons (Fsp3) is 0. The number of pyridine rings is 1. The minimum absolute atomic E-state index is 0.566. The third-order valence-electron chi connectivity index (χ3n) is 0.970. The van der Waals surface area contributed by atoms with Gasteiger partial charge in [0, 0.05) is 18.0 Å². The quantitative estimate of drug-likeness (QED) is 0.449.